The number of ether oxygens (including phenoxy) is 1. The highest BCUT2D eigenvalue weighted by molar-refractivity contribution is 5.92. The van der Waals surface area contributed by atoms with E-state index in [-0.39, 0.29) is 23.2 Å². The van der Waals surface area contributed by atoms with Gasteiger partial charge in [0.15, 0.2) is 0 Å². The van der Waals surface area contributed by atoms with Crippen LogP contribution in [0.2, 0.25) is 0 Å². The molecule has 0 bridgehead atoms. The number of methoxy groups -OCH3 is 1. The number of aromatic nitrogens is 2. The minimum absolute atomic E-state index is 0.169. The van der Waals surface area contributed by atoms with Gasteiger partial charge in [0.05, 0.1) is 13.2 Å². The van der Waals surface area contributed by atoms with Crippen molar-refractivity contribution in [2.24, 2.45) is 0 Å². The molecule has 6 nitrogen and oxygen atoms in total. The van der Waals surface area contributed by atoms with Gasteiger partial charge in [-0.3, -0.25) is 9.59 Å². The summed E-state index contributed by atoms with van der Waals surface area (Å²) in [6.45, 7) is 1.97. The molecule has 1 heterocycles. The van der Waals surface area contributed by atoms with Gasteiger partial charge >= 0.3 is 0 Å². The van der Waals surface area contributed by atoms with Crippen molar-refractivity contribution >= 4 is 5.91 Å². The maximum absolute atomic E-state index is 12.2. The van der Waals surface area contributed by atoms with E-state index in [0.29, 0.717) is 6.42 Å². The normalized spacial score (nSPS) is 11.7. The summed E-state index contributed by atoms with van der Waals surface area (Å²) in [7, 11) is 1.59. The lowest BCUT2D eigenvalue weighted by molar-refractivity contribution is 0.0929. The molecule has 0 fully saturated rings. The van der Waals surface area contributed by atoms with Crippen molar-refractivity contribution in [3.63, 3.8) is 0 Å². The molecular weight excluding hydrogens is 270 g/mol. The molecule has 21 heavy (non-hydrogen) atoms. The van der Waals surface area contributed by atoms with Gasteiger partial charge in [0.1, 0.15) is 11.4 Å². The van der Waals surface area contributed by atoms with Crippen LogP contribution in [0.1, 0.15) is 35.4 Å². The van der Waals surface area contributed by atoms with E-state index in [9.17, 15) is 9.59 Å². The van der Waals surface area contributed by atoms with E-state index in [0.717, 1.165) is 11.3 Å². The van der Waals surface area contributed by atoms with Gasteiger partial charge < -0.3 is 10.1 Å². The molecule has 0 aliphatic heterocycles. The lowest BCUT2D eigenvalue weighted by Crippen LogP contribution is -2.30. The summed E-state index contributed by atoms with van der Waals surface area (Å²) in [5.41, 5.74) is 0.728. The van der Waals surface area contributed by atoms with E-state index in [2.05, 4.69) is 15.5 Å². The zero-order valence-electron chi connectivity index (χ0n) is 11.9. The average molecular weight is 287 g/mol. The predicted molar refractivity (Wildman–Crippen MR) is 78.3 cm³/mol. The SMILES string of the molecule is CC[C@@H](NC(=O)c1ccc(=O)[nH]n1)c1ccccc1OC. The van der Waals surface area contributed by atoms with Crippen molar-refractivity contribution in [3.8, 4) is 5.75 Å². The molecule has 2 rings (SSSR count). The van der Waals surface area contributed by atoms with Crippen LogP contribution < -0.4 is 15.6 Å². The van der Waals surface area contributed by atoms with Gasteiger partial charge in [-0.05, 0) is 18.6 Å². The number of rotatable bonds is 5. The van der Waals surface area contributed by atoms with Gasteiger partial charge in [0, 0.05) is 11.6 Å². The van der Waals surface area contributed by atoms with Gasteiger partial charge in [-0.2, -0.15) is 5.10 Å². The summed E-state index contributed by atoms with van der Waals surface area (Å²) in [5, 5.41) is 8.85. The molecule has 1 aromatic heterocycles. The van der Waals surface area contributed by atoms with Gasteiger partial charge in [-0.1, -0.05) is 25.1 Å². The second kappa shape index (κ2) is 6.69. The van der Waals surface area contributed by atoms with Crippen LogP contribution in [-0.2, 0) is 0 Å². The molecule has 0 saturated carbocycles. The number of H-pyrrole nitrogens is 1. The molecule has 0 spiro atoms. The fourth-order valence-electron chi connectivity index (χ4n) is 2.06. The van der Waals surface area contributed by atoms with Crippen LogP contribution in [-0.4, -0.2) is 23.2 Å². The predicted octanol–water partition coefficient (Wildman–Crippen LogP) is 1.66. The highest BCUT2D eigenvalue weighted by Gasteiger charge is 2.18. The van der Waals surface area contributed by atoms with Crippen molar-refractivity contribution < 1.29 is 9.53 Å². The lowest BCUT2D eigenvalue weighted by Gasteiger charge is -2.19. The van der Waals surface area contributed by atoms with E-state index < -0.39 is 0 Å². The molecule has 0 radical (unpaired) electrons. The second-order valence-corrected chi connectivity index (χ2v) is 4.48. The zero-order chi connectivity index (χ0) is 15.2. The number of carbonyl (C=O) groups is 1. The largest absolute Gasteiger partial charge is 0.496 e. The minimum Gasteiger partial charge on any atom is -0.496 e. The number of benzene rings is 1. The summed E-state index contributed by atoms with van der Waals surface area (Å²) in [5.74, 6) is 0.378. The van der Waals surface area contributed by atoms with Crippen LogP contribution in [0, 0.1) is 0 Å². The standard InChI is InChI=1S/C15H17N3O3/c1-3-11(10-6-4-5-7-13(10)21-2)16-15(20)12-8-9-14(19)18-17-12/h4-9,11H,3H2,1-2H3,(H,16,20)(H,18,19)/t11-/m1/s1. The van der Waals surface area contributed by atoms with Crippen LogP contribution in [0.15, 0.2) is 41.2 Å². The van der Waals surface area contributed by atoms with E-state index in [1.54, 1.807) is 7.11 Å². The Kier molecular flexibility index (Phi) is 4.71. The fourth-order valence-corrected chi connectivity index (χ4v) is 2.06. The van der Waals surface area contributed by atoms with Crippen molar-refractivity contribution in [3.05, 3.63) is 58.0 Å². The Balaban J connectivity index is 2.20. The minimum atomic E-state index is -0.344. The van der Waals surface area contributed by atoms with Crippen molar-refractivity contribution in [1.29, 1.82) is 0 Å². The molecule has 6 heteroatoms. The van der Waals surface area contributed by atoms with Crippen molar-refractivity contribution in [2.75, 3.05) is 7.11 Å². The quantitative estimate of drug-likeness (QED) is 0.876. The fraction of sp³-hybridized carbons (Fsp3) is 0.267. The van der Waals surface area contributed by atoms with E-state index in [1.807, 2.05) is 31.2 Å². The molecule has 1 atom stereocenters. The molecule has 110 valence electrons. The third-order valence-electron chi connectivity index (χ3n) is 3.14. The topological polar surface area (TPSA) is 84.1 Å². The van der Waals surface area contributed by atoms with Crippen LogP contribution in [0.4, 0.5) is 0 Å². The number of nitrogens with zero attached hydrogens (tertiary/aromatic N) is 1. The van der Waals surface area contributed by atoms with Crippen molar-refractivity contribution in [1.82, 2.24) is 15.5 Å². The van der Waals surface area contributed by atoms with Crippen LogP contribution in [0.3, 0.4) is 0 Å². The van der Waals surface area contributed by atoms with Crippen molar-refractivity contribution in [2.45, 2.75) is 19.4 Å². The number of aromatic amines is 1. The van der Waals surface area contributed by atoms with Crippen LogP contribution >= 0.6 is 0 Å². The highest BCUT2D eigenvalue weighted by atomic mass is 16.5. The Morgan fingerprint density at radius 1 is 1.33 bits per heavy atom. The Bertz CT molecular complexity index is 661. The first-order valence-corrected chi connectivity index (χ1v) is 6.65. The van der Waals surface area contributed by atoms with Gasteiger partial charge in [-0.25, -0.2) is 5.10 Å². The molecule has 2 N–H and O–H groups in total. The third kappa shape index (κ3) is 3.47. The van der Waals surface area contributed by atoms with Crippen LogP contribution in [0.5, 0.6) is 5.75 Å². The molecule has 1 amide bonds. The highest BCUT2D eigenvalue weighted by Crippen LogP contribution is 2.26. The summed E-state index contributed by atoms with van der Waals surface area (Å²) in [6, 6.07) is 10.00. The number of hydrogen-bond donors (Lipinski definition) is 2. The first kappa shape index (κ1) is 14.8. The lowest BCUT2D eigenvalue weighted by atomic mass is 10.0. The number of amides is 1. The third-order valence-corrected chi connectivity index (χ3v) is 3.14. The molecule has 0 saturated heterocycles. The number of hydrogen-bond acceptors (Lipinski definition) is 4. The first-order chi connectivity index (χ1) is 10.2. The van der Waals surface area contributed by atoms with Gasteiger partial charge in [-0.15, -0.1) is 0 Å². The molecule has 0 aliphatic rings. The monoisotopic (exact) mass is 287 g/mol. The summed E-state index contributed by atoms with van der Waals surface area (Å²) >= 11 is 0. The molecular formula is C15H17N3O3. The average Bonchev–Trinajstić information content (AvgIpc) is 2.53. The van der Waals surface area contributed by atoms with Gasteiger partial charge in [0.2, 0.25) is 0 Å². The molecule has 0 unspecified atom stereocenters. The van der Waals surface area contributed by atoms with E-state index >= 15 is 0 Å². The number of carbonyl (C=O) groups excluding carboxylic acids is 1. The second-order valence-electron chi connectivity index (χ2n) is 4.48. The van der Waals surface area contributed by atoms with Gasteiger partial charge in [0.25, 0.3) is 11.5 Å². The van der Waals surface area contributed by atoms with Crippen LogP contribution in [0.25, 0.3) is 0 Å². The summed E-state index contributed by atoms with van der Waals surface area (Å²) < 4.78 is 5.32. The summed E-state index contributed by atoms with van der Waals surface area (Å²) in [4.78, 5) is 23.1. The first-order valence-electron chi connectivity index (χ1n) is 6.65. The molecule has 2 aromatic rings. The zero-order valence-corrected chi connectivity index (χ0v) is 11.9. The Morgan fingerprint density at radius 2 is 2.10 bits per heavy atom. The maximum atomic E-state index is 12.2. The maximum Gasteiger partial charge on any atom is 0.272 e. The molecule has 0 aliphatic carbocycles. The Morgan fingerprint density at radius 3 is 2.71 bits per heavy atom. The molecule has 1 aromatic carbocycles. The smallest absolute Gasteiger partial charge is 0.272 e. The van der Waals surface area contributed by atoms with E-state index in [4.69, 9.17) is 4.74 Å². The Labute approximate surface area is 122 Å². The Hall–Kier alpha value is -2.63. The number of para-hydroxylation sites is 1. The number of nitrogens with one attached hydrogen (secondary N) is 2. The van der Waals surface area contributed by atoms with E-state index in [1.165, 1.54) is 12.1 Å². The summed E-state index contributed by atoms with van der Waals surface area (Å²) in [6.07, 6.45) is 0.704.